The second kappa shape index (κ2) is 3.35. The summed E-state index contributed by atoms with van der Waals surface area (Å²) in [6, 6.07) is 0. The van der Waals surface area contributed by atoms with Crippen molar-refractivity contribution in [3.05, 3.63) is 16.6 Å². The number of rotatable bonds is 1. The zero-order chi connectivity index (χ0) is 7.52. The molecule has 0 spiro atoms. The number of aromatic nitrogens is 1. The first-order valence-electron chi connectivity index (χ1n) is 4.35. The monoisotopic (exact) mass is 167 g/mol. The Kier molecular flexibility index (Phi) is 2.22. The number of hydrogen-bond acceptors (Lipinski definition) is 2. The van der Waals surface area contributed by atoms with Gasteiger partial charge in [-0.15, -0.1) is 11.3 Å². The molecule has 0 aliphatic heterocycles. The van der Waals surface area contributed by atoms with Gasteiger partial charge in [-0.05, 0) is 18.8 Å². The van der Waals surface area contributed by atoms with Crippen molar-refractivity contribution < 1.29 is 0 Å². The van der Waals surface area contributed by atoms with E-state index in [-0.39, 0.29) is 0 Å². The molecule has 0 amide bonds. The Morgan fingerprint density at radius 3 is 2.73 bits per heavy atom. The molecule has 0 bridgehead atoms. The first kappa shape index (κ1) is 7.29. The predicted molar refractivity (Wildman–Crippen MR) is 47.9 cm³/mol. The molecular formula is C9H13NS. The molecule has 1 fully saturated rings. The highest BCUT2D eigenvalue weighted by Crippen LogP contribution is 2.33. The zero-order valence-electron chi connectivity index (χ0n) is 6.62. The Morgan fingerprint density at radius 2 is 2.09 bits per heavy atom. The van der Waals surface area contributed by atoms with Gasteiger partial charge in [0, 0.05) is 11.1 Å². The first-order chi connectivity index (χ1) is 5.47. The number of nitrogens with zero attached hydrogens (tertiary/aromatic N) is 1. The molecule has 1 nitrogen and oxygen atoms in total. The van der Waals surface area contributed by atoms with Crippen LogP contribution in [0.5, 0.6) is 0 Å². The van der Waals surface area contributed by atoms with Crippen LogP contribution in [0.3, 0.4) is 0 Å². The molecule has 1 saturated carbocycles. The maximum atomic E-state index is 4.12. The molecule has 1 aromatic heterocycles. The van der Waals surface area contributed by atoms with Gasteiger partial charge < -0.3 is 0 Å². The fourth-order valence-corrected chi connectivity index (χ4v) is 2.61. The molecule has 1 aliphatic rings. The highest BCUT2D eigenvalue weighted by atomic mass is 32.1. The molecule has 60 valence electrons. The Hall–Kier alpha value is -0.370. The lowest BCUT2D eigenvalue weighted by molar-refractivity contribution is 0.448. The minimum atomic E-state index is 0.844. The van der Waals surface area contributed by atoms with E-state index in [4.69, 9.17) is 0 Å². The molecule has 0 saturated heterocycles. The van der Waals surface area contributed by atoms with Crippen LogP contribution in [0.1, 0.15) is 42.9 Å². The molecule has 0 unspecified atom stereocenters. The van der Waals surface area contributed by atoms with Crippen LogP contribution in [0.4, 0.5) is 0 Å². The predicted octanol–water partition coefficient (Wildman–Crippen LogP) is 3.19. The van der Waals surface area contributed by atoms with Gasteiger partial charge in [0.25, 0.3) is 0 Å². The van der Waals surface area contributed by atoms with Crippen LogP contribution in [0.15, 0.2) is 11.7 Å². The summed E-state index contributed by atoms with van der Waals surface area (Å²) in [6.07, 6.45) is 9.10. The Morgan fingerprint density at radius 1 is 1.27 bits per heavy atom. The van der Waals surface area contributed by atoms with Crippen LogP contribution < -0.4 is 0 Å². The van der Waals surface area contributed by atoms with Crippen LogP contribution in [0, 0.1) is 0 Å². The van der Waals surface area contributed by atoms with Crippen LogP contribution in [0.25, 0.3) is 0 Å². The largest absolute Gasteiger partial charge is 0.253 e. The van der Waals surface area contributed by atoms with Gasteiger partial charge >= 0.3 is 0 Å². The van der Waals surface area contributed by atoms with Gasteiger partial charge in [-0.3, -0.25) is 4.98 Å². The van der Waals surface area contributed by atoms with E-state index < -0.39 is 0 Å². The van der Waals surface area contributed by atoms with E-state index in [0.717, 1.165) is 5.92 Å². The van der Waals surface area contributed by atoms with E-state index in [1.165, 1.54) is 37.0 Å². The molecule has 0 aromatic carbocycles. The van der Waals surface area contributed by atoms with E-state index >= 15 is 0 Å². The summed E-state index contributed by atoms with van der Waals surface area (Å²) >= 11 is 1.82. The quantitative estimate of drug-likeness (QED) is 0.626. The van der Waals surface area contributed by atoms with Crippen molar-refractivity contribution in [1.29, 1.82) is 0 Å². The maximum absolute atomic E-state index is 4.12. The lowest BCUT2D eigenvalue weighted by Gasteiger charge is -2.19. The third kappa shape index (κ3) is 1.62. The minimum absolute atomic E-state index is 0.844. The van der Waals surface area contributed by atoms with Gasteiger partial charge in [0.2, 0.25) is 0 Å². The second-order valence-corrected chi connectivity index (χ2v) is 4.16. The van der Waals surface area contributed by atoms with E-state index in [2.05, 4.69) is 4.98 Å². The van der Waals surface area contributed by atoms with Crippen molar-refractivity contribution in [2.75, 3.05) is 0 Å². The van der Waals surface area contributed by atoms with Crippen LogP contribution in [0.2, 0.25) is 0 Å². The van der Waals surface area contributed by atoms with E-state index in [1.807, 2.05) is 23.0 Å². The Balaban J connectivity index is 2.04. The van der Waals surface area contributed by atoms with E-state index in [9.17, 15) is 0 Å². The van der Waals surface area contributed by atoms with Crippen molar-refractivity contribution in [2.24, 2.45) is 0 Å². The van der Waals surface area contributed by atoms with Crippen molar-refractivity contribution >= 4 is 11.3 Å². The highest BCUT2D eigenvalue weighted by Gasteiger charge is 2.15. The smallest absolute Gasteiger partial charge is 0.0794 e. The van der Waals surface area contributed by atoms with Gasteiger partial charge in [0.05, 0.1) is 5.51 Å². The lowest BCUT2D eigenvalue weighted by Crippen LogP contribution is -2.02. The molecule has 0 N–H and O–H groups in total. The van der Waals surface area contributed by atoms with Crippen molar-refractivity contribution in [2.45, 2.75) is 38.0 Å². The summed E-state index contributed by atoms with van der Waals surface area (Å²) in [5, 5.41) is 0. The minimum Gasteiger partial charge on any atom is -0.253 e. The average Bonchev–Trinajstić information content (AvgIpc) is 2.58. The molecule has 1 heterocycles. The molecule has 1 aromatic rings. The fourth-order valence-electron chi connectivity index (χ4n) is 1.81. The highest BCUT2D eigenvalue weighted by molar-refractivity contribution is 7.09. The zero-order valence-corrected chi connectivity index (χ0v) is 7.44. The van der Waals surface area contributed by atoms with Crippen LogP contribution in [-0.2, 0) is 0 Å². The van der Waals surface area contributed by atoms with Crippen LogP contribution >= 0.6 is 11.3 Å². The fraction of sp³-hybridized carbons (Fsp3) is 0.667. The average molecular weight is 167 g/mol. The molecular weight excluding hydrogens is 154 g/mol. The summed E-state index contributed by atoms with van der Waals surface area (Å²) in [5.74, 6) is 0.844. The Labute approximate surface area is 71.5 Å². The van der Waals surface area contributed by atoms with Crippen molar-refractivity contribution in [1.82, 2.24) is 4.98 Å². The maximum Gasteiger partial charge on any atom is 0.0794 e. The Bertz CT molecular complexity index is 199. The van der Waals surface area contributed by atoms with Gasteiger partial charge in [-0.2, -0.15) is 0 Å². The molecule has 2 heteroatoms. The normalized spacial score (nSPS) is 20.4. The summed E-state index contributed by atoms with van der Waals surface area (Å²) < 4.78 is 0. The van der Waals surface area contributed by atoms with Gasteiger partial charge in [-0.1, -0.05) is 19.3 Å². The molecule has 2 rings (SSSR count). The summed E-state index contributed by atoms with van der Waals surface area (Å²) in [5.41, 5.74) is 1.95. The lowest BCUT2D eigenvalue weighted by atomic mass is 9.89. The van der Waals surface area contributed by atoms with Crippen LogP contribution in [-0.4, -0.2) is 4.98 Å². The second-order valence-electron chi connectivity index (χ2n) is 3.24. The third-order valence-corrected chi connectivity index (χ3v) is 3.40. The SMILES string of the molecule is c1ncc(C2CCCCC2)s1. The van der Waals surface area contributed by atoms with Crippen molar-refractivity contribution in [3.8, 4) is 0 Å². The summed E-state index contributed by atoms with van der Waals surface area (Å²) in [6.45, 7) is 0. The topological polar surface area (TPSA) is 12.9 Å². The molecule has 0 radical (unpaired) electrons. The van der Waals surface area contributed by atoms with E-state index in [1.54, 1.807) is 0 Å². The number of thiazole rings is 1. The standard InChI is InChI=1S/C9H13NS/c1-2-4-8(5-3-1)9-6-10-7-11-9/h6-8H,1-5H2. The summed E-state index contributed by atoms with van der Waals surface area (Å²) in [7, 11) is 0. The van der Waals surface area contributed by atoms with Crippen molar-refractivity contribution in [3.63, 3.8) is 0 Å². The van der Waals surface area contributed by atoms with E-state index in [0.29, 0.717) is 0 Å². The van der Waals surface area contributed by atoms with Gasteiger partial charge in [0.15, 0.2) is 0 Å². The molecule has 0 atom stereocenters. The molecule has 11 heavy (non-hydrogen) atoms. The third-order valence-electron chi connectivity index (χ3n) is 2.46. The molecule has 1 aliphatic carbocycles. The first-order valence-corrected chi connectivity index (χ1v) is 5.23. The summed E-state index contributed by atoms with van der Waals surface area (Å²) in [4.78, 5) is 5.62. The van der Waals surface area contributed by atoms with Gasteiger partial charge in [-0.25, -0.2) is 0 Å². The number of hydrogen-bond donors (Lipinski definition) is 0. The van der Waals surface area contributed by atoms with Gasteiger partial charge in [0.1, 0.15) is 0 Å².